The van der Waals surface area contributed by atoms with Crippen molar-refractivity contribution < 1.29 is 19.3 Å². The van der Waals surface area contributed by atoms with Crippen molar-refractivity contribution in [2.45, 2.75) is 19.4 Å². The van der Waals surface area contributed by atoms with Crippen LogP contribution in [0.4, 0.5) is 5.69 Å². The van der Waals surface area contributed by atoms with Crippen LogP contribution < -0.4 is 0 Å². The number of hydrogen-bond donors (Lipinski definition) is 0. The number of benzene rings is 2. The van der Waals surface area contributed by atoms with E-state index in [2.05, 4.69) is 0 Å². The summed E-state index contributed by atoms with van der Waals surface area (Å²) in [5.74, 6) is -2.73. The molecule has 1 aliphatic heterocycles. The zero-order valence-corrected chi connectivity index (χ0v) is 18.1. The summed E-state index contributed by atoms with van der Waals surface area (Å²) >= 11 is 12.1. The van der Waals surface area contributed by atoms with Crippen molar-refractivity contribution in [1.82, 2.24) is 10.0 Å². The van der Waals surface area contributed by atoms with Gasteiger partial charge in [0.1, 0.15) is 0 Å². The second kappa shape index (κ2) is 8.72. The molecule has 0 N–H and O–H groups in total. The lowest BCUT2D eigenvalue weighted by molar-refractivity contribution is -0.384. The Labute approximate surface area is 193 Å². The van der Waals surface area contributed by atoms with E-state index in [0.717, 1.165) is 16.1 Å². The van der Waals surface area contributed by atoms with E-state index < -0.39 is 34.5 Å². The fourth-order valence-electron chi connectivity index (χ4n) is 3.97. The molecule has 1 aliphatic carbocycles. The average molecular weight is 474 g/mol. The minimum Gasteiger partial charge on any atom is -0.272 e. The molecule has 0 radical (unpaired) electrons. The van der Waals surface area contributed by atoms with Crippen LogP contribution in [0.3, 0.4) is 0 Å². The van der Waals surface area contributed by atoms with Gasteiger partial charge in [-0.1, -0.05) is 47.5 Å². The normalized spacial score (nSPS) is 19.8. The molecule has 164 valence electrons. The van der Waals surface area contributed by atoms with E-state index in [0.29, 0.717) is 23.4 Å². The number of nitrogens with zero attached hydrogens (tertiary/aromatic N) is 3. The molecular weight excluding hydrogens is 457 g/mol. The largest absolute Gasteiger partial charge is 0.273 e. The van der Waals surface area contributed by atoms with Crippen molar-refractivity contribution in [2.75, 3.05) is 0 Å². The highest BCUT2D eigenvalue weighted by Gasteiger charge is 2.50. The maximum Gasteiger partial charge on any atom is 0.273 e. The molecule has 0 bridgehead atoms. The van der Waals surface area contributed by atoms with Gasteiger partial charge in [0.05, 0.1) is 33.3 Å². The molecule has 1 fully saturated rings. The smallest absolute Gasteiger partial charge is 0.272 e. The number of nitro groups is 1. The minimum atomic E-state index is -0.715. The monoisotopic (exact) mass is 473 g/mol. The average Bonchev–Trinajstić information content (AvgIpc) is 3.04. The lowest BCUT2D eigenvalue weighted by Crippen LogP contribution is -2.49. The fraction of sp³-hybridized carbons (Fsp3) is 0.227. The molecule has 8 nitrogen and oxygen atoms in total. The van der Waals surface area contributed by atoms with Gasteiger partial charge in [-0.15, -0.1) is 0 Å². The van der Waals surface area contributed by atoms with E-state index >= 15 is 0 Å². The third kappa shape index (κ3) is 3.99. The molecular formula is C22H17Cl2N3O5. The number of halogens is 2. The topological polar surface area (TPSA) is 101 Å². The van der Waals surface area contributed by atoms with E-state index in [-0.39, 0.29) is 22.8 Å². The highest BCUT2D eigenvalue weighted by molar-refractivity contribution is 6.42. The van der Waals surface area contributed by atoms with Gasteiger partial charge in [0, 0.05) is 17.7 Å². The molecule has 32 heavy (non-hydrogen) atoms. The Hall–Kier alpha value is -3.23. The number of rotatable bonds is 5. The highest BCUT2D eigenvalue weighted by atomic mass is 35.5. The van der Waals surface area contributed by atoms with Crippen LogP contribution in [0.15, 0.2) is 54.6 Å². The first-order chi connectivity index (χ1) is 15.3. The second-order valence-corrected chi connectivity index (χ2v) is 8.38. The van der Waals surface area contributed by atoms with Crippen molar-refractivity contribution in [2.24, 2.45) is 11.8 Å². The van der Waals surface area contributed by atoms with Crippen LogP contribution in [0.25, 0.3) is 0 Å². The predicted molar refractivity (Wildman–Crippen MR) is 117 cm³/mol. The molecule has 2 aliphatic rings. The third-order valence-electron chi connectivity index (χ3n) is 5.58. The van der Waals surface area contributed by atoms with Gasteiger partial charge in [-0.3, -0.25) is 24.5 Å². The number of non-ortho nitro benzene ring substituents is 1. The summed E-state index contributed by atoms with van der Waals surface area (Å²) in [6.07, 6.45) is 4.53. The molecule has 4 rings (SSSR count). The number of carbonyl (C=O) groups excluding carboxylic acids is 3. The van der Waals surface area contributed by atoms with Gasteiger partial charge >= 0.3 is 0 Å². The minimum absolute atomic E-state index is 0.0205. The van der Waals surface area contributed by atoms with E-state index in [4.69, 9.17) is 23.2 Å². The van der Waals surface area contributed by atoms with Gasteiger partial charge in [-0.25, -0.2) is 5.01 Å². The van der Waals surface area contributed by atoms with Crippen molar-refractivity contribution in [3.05, 3.63) is 85.9 Å². The first kappa shape index (κ1) is 22.0. The van der Waals surface area contributed by atoms with E-state index in [9.17, 15) is 24.5 Å². The van der Waals surface area contributed by atoms with Crippen molar-refractivity contribution in [3.8, 4) is 0 Å². The van der Waals surface area contributed by atoms with Crippen molar-refractivity contribution in [1.29, 1.82) is 0 Å². The molecule has 1 heterocycles. The Morgan fingerprint density at radius 3 is 2.28 bits per heavy atom. The summed E-state index contributed by atoms with van der Waals surface area (Å²) in [5.41, 5.74) is 0.238. The zero-order valence-electron chi connectivity index (χ0n) is 16.6. The predicted octanol–water partition coefficient (Wildman–Crippen LogP) is 4.41. The zero-order chi connectivity index (χ0) is 23.0. The van der Waals surface area contributed by atoms with Crippen LogP contribution in [-0.4, -0.2) is 32.7 Å². The number of fused-ring (bicyclic) bond motifs is 1. The van der Waals surface area contributed by atoms with Gasteiger partial charge in [-0.05, 0) is 36.6 Å². The van der Waals surface area contributed by atoms with Crippen molar-refractivity contribution >= 4 is 46.6 Å². The molecule has 2 aromatic rings. The molecule has 10 heteroatoms. The Kier molecular flexibility index (Phi) is 5.99. The molecule has 2 aromatic carbocycles. The summed E-state index contributed by atoms with van der Waals surface area (Å²) in [6, 6.07) is 9.86. The van der Waals surface area contributed by atoms with Crippen molar-refractivity contribution in [3.63, 3.8) is 0 Å². The Balaban J connectivity index is 1.74. The Morgan fingerprint density at radius 1 is 1.03 bits per heavy atom. The first-order valence-corrected chi connectivity index (χ1v) is 10.6. The van der Waals surface area contributed by atoms with Crippen LogP contribution in [0, 0.1) is 22.0 Å². The number of imide groups is 1. The lowest BCUT2D eigenvalue weighted by Gasteiger charge is -2.30. The molecule has 0 spiro atoms. The quantitative estimate of drug-likeness (QED) is 0.277. The SMILES string of the molecule is O=C(c1cccc([N+](=O)[O-])c1)N(Cc1ccc(Cl)c(Cl)c1)N1C(=O)[C@H]2CC=CC[C@H]2C1=O. The summed E-state index contributed by atoms with van der Waals surface area (Å²) in [7, 11) is 0. The number of hydrazine groups is 1. The summed E-state index contributed by atoms with van der Waals surface area (Å²) in [4.78, 5) is 50.3. The molecule has 0 aromatic heterocycles. The third-order valence-corrected chi connectivity index (χ3v) is 6.32. The van der Waals surface area contributed by atoms with Gasteiger partial charge in [0.25, 0.3) is 23.4 Å². The van der Waals surface area contributed by atoms with Gasteiger partial charge in [-0.2, -0.15) is 5.01 Å². The molecule has 3 amide bonds. The van der Waals surface area contributed by atoms with Crippen LogP contribution in [0.1, 0.15) is 28.8 Å². The van der Waals surface area contributed by atoms with Gasteiger partial charge in [0.2, 0.25) is 0 Å². The second-order valence-electron chi connectivity index (χ2n) is 7.56. The lowest BCUT2D eigenvalue weighted by atomic mass is 9.85. The van der Waals surface area contributed by atoms with E-state index in [1.165, 1.54) is 24.3 Å². The molecule has 0 saturated carbocycles. The van der Waals surface area contributed by atoms with Crippen LogP contribution in [0.5, 0.6) is 0 Å². The Morgan fingerprint density at radius 2 is 1.69 bits per heavy atom. The number of carbonyl (C=O) groups is 3. The standard InChI is InChI=1S/C22H17Cl2N3O5/c23-18-9-8-13(10-19(18)24)12-25(20(28)14-4-3-5-15(11-14)27(31)32)26-21(29)16-6-1-2-7-17(16)22(26)30/h1-5,8-11,16-17H,6-7,12H2/t16-,17+. The van der Waals surface area contributed by atoms with E-state index in [1.807, 2.05) is 12.2 Å². The maximum atomic E-state index is 13.4. The summed E-state index contributed by atoms with van der Waals surface area (Å²) < 4.78 is 0. The fourth-order valence-corrected chi connectivity index (χ4v) is 4.29. The van der Waals surface area contributed by atoms with E-state index in [1.54, 1.807) is 12.1 Å². The van der Waals surface area contributed by atoms with Gasteiger partial charge in [0.15, 0.2) is 0 Å². The molecule has 2 atom stereocenters. The van der Waals surface area contributed by atoms with Gasteiger partial charge < -0.3 is 0 Å². The summed E-state index contributed by atoms with van der Waals surface area (Å²) in [6.45, 7) is -0.150. The number of hydrogen-bond acceptors (Lipinski definition) is 5. The maximum absolute atomic E-state index is 13.4. The first-order valence-electron chi connectivity index (χ1n) is 9.81. The summed E-state index contributed by atoms with van der Waals surface area (Å²) in [5, 5.41) is 13.6. The van der Waals surface area contributed by atoms with Crippen LogP contribution in [-0.2, 0) is 16.1 Å². The number of amides is 3. The molecule has 0 unspecified atom stereocenters. The number of nitro benzene ring substituents is 1. The van der Waals surface area contributed by atoms with Crippen LogP contribution >= 0.6 is 23.2 Å². The number of allylic oxidation sites excluding steroid dienone is 2. The van der Waals surface area contributed by atoms with Crippen LogP contribution in [0.2, 0.25) is 10.0 Å². The highest BCUT2D eigenvalue weighted by Crippen LogP contribution is 2.37. The molecule has 1 saturated heterocycles. The Bertz CT molecular complexity index is 1140.